The largest absolute Gasteiger partial charge is 0.443 e. The molecular formula is C23H37N3O3. The minimum Gasteiger partial charge on any atom is -0.443 e. The lowest BCUT2D eigenvalue weighted by molar-refractivity contribution is -0.128. The molecule has 29 heavy (non-hydrogen) atoms. The van der Waals surface area contributed by atoms with Crippen LogP contribution < -0.4 is 0 Å². The molecule has 2 atom stereocenters. The van der Waals surface area contributed by atoms with Gasteiger partial charge in [0.2, 0.25) is 0 Å². The van der Waals surface area contributed by atoms with Gasteiger partial charge in [-0.2, -0.15) is 0 Å². The molecule has 0 aliphatic carbocycles. The van der Waals surface area contributed by atoms with E-state index in [2.05, 4.69) is 23.4 Å². The molecule has 6 nitrogen and oxygen atoms in total. The molecule has 6 heteroatoms. The molecule has 0 radical (unpaired) electrons. The fourth-order valence-corrected chi connectivity index (χ4v) is 3.70. The van der Waals surface area contributed by atoms with Gasteiger partial charge in [-0.05, 0) is 57.9 Å². The first-order valence-electron chi connectivity index (χ1n) is 10.9. The van der Waals surface area contributed by atoms with Gasteiger partial charge in [-0.15, -0.1) is 0 Å². The summed E-state index contributed by atoms with van der Waals surface area (Å²) in [6, 6.07) is 0. The molecule has 1 aromatic heterocycles. The number of hydrogen-bond donors (Lipinski definition) is 0. The van der Waals surface area contributed by atoms with Crippen LogP contribution in [0.1, 0.15) is 79.3 Å². The number of aryl methyl sites for hydroxylation is 1. The molecule has 2 amide bonds. The van der Waals surface area contributed by atoms with Crippen molar-refractivity contribution in [2.24, 2.45) is 11.8 Å². The van der Waals surface area contributed by atoms with Crippen molar-refractivity contribution in [1.82, 2.24) is 14.5 Å². The predicted octanol–water partition coefficient (Wildman–Crippen LogP) is 5.29. The van der Waals surface area contributed by atoms with Crippen molar-refractivity contribution in [1.29, 1.82) is 0 Å². The maximum Gasteiger partial charge on any atom is 0.417 e. The summed E-state index contributed by atoms with van der Waals surface area (Å²) in [6.07, 6.45) is 10.5. The highest BCUT2D eigenvalue weighted by Crippen LogP contribution is 2.25. The lowest BCUT2D eigenvalue weighted by atomic mass is 9.94. The van der Waals surface area contributed by atoms with Crippen LogP contribution in [0.5, 0.6) is 0 Å². The second-order valence-corrected chi connectivity index (χ2v) is 9.45. The third kappa shape index (κ3) is 7.33. The van der Waals surface area contributed by atoms with E-state index in [1.54, 1.807) is 20.8 Å². The highest BCUT2D eigenvalue weighted by Gasteiger charge is 2.34. The van der Waals surface area contributed by atoms with Gasteiger partial charge in [0.15, 0.2) is 0 Å². The normalized spacial score (nSPS) is 20.2. The number of amides is 2. The summed E-state index contributed by atoms with van der Waals surface area (Å²) in [7, 11) is 0. The fraction of sp³-hybridized carbons (Fsp3) is 0.696. The topological polar surface area (TPSA) is 64.4 Å². The summed E-state index contributed by atoms with van der Waals surface area (Å²) in [6.45, 7) is 13.3. The SMILES string of the molecule is CCC[C@H](C)CCCn1cnc(/C=C2\C[C@H](C)CN(C(=O)OC(C)(C)C)C2=O)c1. The molecule has 0 bridgehead atoms. The second kappa shape index (κ2) is 10.1. The van der Waals surface area contributed by atoms with Crippen LogP contribution in [-0.4, -0.2) is 38.6 Å². The first-order valence-corrected chi connectivity index (χ1v) is 10.9. The Labute approximate surface area is 175 Å². The maximum absolute atomic E-state index is 12.8. The summed E-state index contributed by atoms with van der Waals surface area (Å²) in [4.78, 5) is 30.9. The van der Waals surface area contributed by atoms with E-state index >= 15 is 0 Å². The Morgan fingerprint density at radius 2 is 2.10 bits per heavy atom. The molecule has 0 saturated carbocycles. The number of carbonyl (C=O) groups excluding carboxylic acids is 2. The van der Waals surface area contributed by atoms with E-state index < -0.39 is 11.7 Å². The molecule has 162 valence electrons. The number of imidazole rings is 1. The van der Waals surface area contributed by atoms with E-state index in [-0.39, 0.29) is 11.8 Å². The lowest BCUT2D eigenvalue weighted by Crippen LogP contribution is -2.46. The molecule has 0 spiro atoms. The Hall–Kier alpha value is -2.11. The van der Waals surface area contributed by atoms with Gasteiger partial charge >= 0.3 is 6.09 Å². The fourth-order valence-electron chi connectivity index (χ4n) is 3.70. The van der Waals surface area contributed by atoms with E-state index in [1.165, 1.54) is 24.2 Å². The Balaban J connectivity index is 2.02. The molecule has 1 fully saturated rings. The van der Waals surface area contributed by atoms with Crippen LogP contribution in [0.15, 0.2) is 18.1 Å². The second-order valence-electron chi connectivity index (χ2n) is 9.45. The number of imide groups is 1. The number of piperidine rings is 1. The van der Waals surface area contributed by atoms with Crippen molar-refractivity contribution < 1.29 is 14.3 Å². The monoisotopic (exact) mass is 403 g/mol. The van der Waals surface area contributed by atoms with E-state index in [9.17, 15) is 9.59 Å². The van der Waals surface area contributed by atoms with Crippen LogP contribution in [0.3, 0.4) is 0 Å². The third-order valence-corrected chi connectivity index (χ3v) is 5.07. The number of carbonyl (C=O) groups is 2. The minimum atomic E-state index is -0.630. The zero-order valence-corrected chi connectivity index (χ0v) is 18.9. The average Bonchev–Trinajstić information content (AvgIpc) is 3.04. The standard InChI is InChI=1S/C23H37N3O3/c1-7-9-17(2)10-8-11-25-15-20(24-16-25)13-19-12-18(3)14-26(21(19)27)22(28)29-23(4,5)6/h13,15-18H,7-12,14H2,1-6H3/b19-13+/t17-,18-/m0/s1. The van der Waals surface area contributed by atoms with Gasteiger partial charge in [-0.3, -0.25) is 4.79 Å². The molecule has 1 aromatic rings. The molecule has 1 saturated heterocycles. The maximum atomic E-state index is 12.8. The number of aromatic nitrogens is 2. The highest BCUT2D eigenvalue weighted by molar-refractivity contribution is 6.05. The molecule has 0 unspecified atom stereocenters. The van der Waals surface area contributed by atoms with Crippen molar-refractivity contribution in [3.63, 3.8) is 0 Å². The zero-order chi connectivity index (χ0) is 21.6. The lowest BCUT2D eigenvalue weighted by Gasteiger charge is -2.32. The van der Waals surface area contributed by atoms with E-state index in [4.69, 9.17) is 4.74 Å². The minimum absolute atomic E-state index is 0.189. The zero-order valence-electron chi connectivity index (χ0n) is 18.9. The Morgan fingerprint density at radius 1 is 1.38 bits per heavy atom. The molecule has 0 N–H and O–H groups in total. The van der Waals surface area contributed by atoms with Crippen molar-refractivity contribution in [3.05, 3.63) is 23.8 Å². The van der Waals surface area contributed by atoms with Crippen LogP contribution in [0.25, 0.3) is 6.08 Å². The van der Waals surface area contributed by atoms with Gasteiger partial charge in [-0.25, -0.2) is 14.7 Å². The number of ether oxygens (including phenoxy) is 1. The number of rotatable bonds is 7. The quantitative estimate of drug-likeness (QED) is 0.581. The van der Waals surface area contributed by atoms with E-state index in [1.807, 2.05) is 25.5 Å². The highest BCUT2D eigenvalue weighted by atomic mass is 16.6. The van der Waals surface area contributed by atoms with Gasteiger partial charge in [0, 0.05) is 24.9 Å². The van der Waals surface area contributed by atoms with Crippen LogP contribution in [-0.2, 0) is 16.1 Å². The van der Waals surface area contributed by atoms with Gasteiger partial charge in [0.1, 0.15) is 5.60 Å². The van der Waals surface area contributed by atoms with Crippen LogP contribution in [0.2, 0.25) is 0 Å². The number of likely N-dealkylation sites (tertiary alicyclic amines) is 1. The van der Waals surface area contributed by atoms with E-state index in [0.717, 1.165) is 24.6 Å². The van der Waals surface area contributed by atoms with Crippen LogP contribution >= 0.6 is 0 Å². The van der Waals surface area contributed by atoms with Crippen molar-refractivity contribution >= 4 is 18.1 Å². The summed E-state index contributed by atoms with van der Waals surface area (Å²) < 4.78 is 7.48. The summed E-state index contributed by atoms with van der Waals surface area (Å²) in [5.41, 5.74) is 0.736. The molecule has 1 aliphatic rings. The van der Waals surface area contributed by atoms with Gasteiger partial charge in [-0.1, -0.05) is 33.6 Å². The number of nitrogens with zero attached hydrogens (tertiary/aromatic N) is 3. The first-order chi connectivity index (χ1) is 13.6. The predicted molar refractivity (Wildman–Crippen MR) is 115 cm³/mol. The van der Waals surface area contributed by atoms with Gasteiger partial charge in [0.05, 0.1) is 12.0 Å². The Morgan fingerprint density at radius 3 is 2.76 bits per heavy atom. The molecule has 0 aromatic carbocycles. The van der Waals surface area contributed by atoms with E-state index in [0.29, 0.717) is 18.5 Å². The molecular weight excluding hydrogens is 366 g/mol. The first kappa shape index (κ1) is 23.2. The number of hydrogen-bond acceptors (Lipinski definition) is 4. The van der Waals surface area contributed by atoms with Crippen LogP contribution in [0.4, 0.5) is 4.79 Å². The van der Waals surface area contributed by atoms with Gasteiger partial charge in [0.25, 0.3) is 5.91 Å². The Bertz CT molecular complexity index is 730. The third-order valence-electron chi connectivity index (χ3n) is 5.07. The molecule has 2 heterocycles. The van der Waals surface area contributed by atoms with Gasteiger partial charge < -0.3 is 9.30 Å². The van der Waals surface area contributed by atoms with Crippen LogP contribution in [0, 0.1) is 11.8 Å². The van der Waals surface area contributed by atoms with Crippen molar-refractivity contribution in [2.75, 3.05) is 6.54 Å². The smallest absolute Gasteiger partial charge is 0.417 e. The molecule has 2 rings (SSSR count). The summed E-state index contributed by atoms with van der Waals surface area (Å²) in [5, 5.41) is 0. The van der Waals surface area contributed by atoms with Crippen molar-refractivity contribution in [2.45, 2.75) is 85.8 Å². The summed E-state index contributed by atoms with van der Waals surface area (Å²) in [5.74, 6) is 0.666. The average molecular weight is 404 g/mol. The molecule has 1 aliphatic heterocycles. The Kier molecular flexibility index (Phi) is 8.05. The van der Waals surface area contributed by atoms with Crippen molar-refractivity contribution in [3.8, 4) is 0 Å². The summed E-state index contributed by atoms with van der Waals surface area (Å²) >= 11 is 0.